The smallest absolute Gasteiger partial charge is 0.262 e. The zero-order valence-corrected chi connectivity index (χ0v) is 17.2. The molecule has 0 bridgehead atoms. The van der Waals surface area contributed by atoms with Crippen molar-refractivity contribution in [3.05, 3.63) is 33.0 Å². The van der Waals surface area contributed by atoms with Gasteiger partial charge < -0.3 is 5.32 Å². The van der Waals surface area contributed by atoms with Crippen LogP contribution in [0.4, 0.5) is 0 Å². The molecule has 0 saturated carbocycles. The lowest BCUT2D eigenvalue weighted by Crippen LogP contribution is -2.34. The van der Waals surface area contributed by atoms with E-state index in [4.69, 9.17) is 0 Å². The minimum Gasteiger partial charge on any atom is -0.353 e. The fourth-order valence-electron chi connectivity index (χ4n) is 2.66. The highest BCUT2D eigenvalue weighted by molar-refractivity contribution is 9.10. The molecule has 0 aliphatic heterocycles. The van der Waals surface area contributed by atoms with Gasteiger partial charge in [-0.1, -0.05) is 48.0 Å². The van der Waals surface area contributed by atoms with Crippen molar-refractivity contribution in [1.29, 1.82) is 0 Å². The van der Waals surface area contributed by atoms with Gasteiger partial charge in [0.05, 0.1) is 16.7 Å². The SMILES string of the molecule is CCCC(C)NC(=O)CSc1nc2ccc(Br)cc2c(=O)n1CCC. The van der Waals surface area contributed by atoms with Crippen LogP contribution in [0.5, 0.6) is 0 Å². The van der Waals surface area contributed by atoms with Crippen molar-refractivity contribution in [2.75, 3.05) is 5.75 Å². The van der Waals surface area contributed by atoms with Crippen molar-refractivity contribution < 1.29 is 4.79 Å². The first-order valence-corrected chi connectivity index (χ1v) is 10.4. The second-order valence-electron chi connectivity index (χ2n) is 6.06. The number of rotatable bonds is 8. The lowest BCUT2D eigenvalue weighted by molar-refractivity contribution is -0.119. The van der Waals surface area contributed by atoms with E-state index in [9.17, 15) is 9.59 Å². The van der Waals surface area contributed by atoms with Gasteiger partial charge in [-0.25, -0.2) is 4.98 Å². The zero-order valence-electron chi connectivity index (χ0n) is 14.8. The van der Waals surface area contributed by atoms with E-state index in [0.29, 0.717) is 22.6 Å². The highest BCUT2D eigenvalue weighted by Gasteiger charge is 2.14. The van der Waals surface area contributed by atoms with Crippen LogP contribution >= 0.6 is 27.7 Å². The zero-order chi connectivity index (χ0) is 18.4. The van der Waals surface area contributed by atoms with E-state index in [1.165, 1.54) is 11.8 Å². The largest absolute Gasteiger partial charge is 0.353 e. The molecule has 5 nitrogen and oxygen atoms in total. The lowest BCUT2D eigenvalue weighted by Gasteiger charge is -2.14. The Bertz CT molecular complexity index is 807. The molecular weight excluding hydrogens is 402 g/mol. The average Bonchev–Trinajstić information content (AvgIpc) is 2.56. The van der Waals surface area contributed by atoms with Gasteiger partial charge in [0.15, 0.2) is 5.16 Å². The second kappa shape index (κ2) is 9.38. The molecule has 0 fully saturated rings. The highest BCUT2D eigenvalue weighted by Crippen LogP contribution is 2.20. The molecule has 1 atom stereocenters. The molecule has 1 heterocycles. The number of thioether (sulfide) groups is 1. The molecule has 136 valence electrons. The van der Waals surface area contributed by atoms with E-state index in [0.717, 1.165) is 23.7 Å². The summed E-state index contributed by atoms with van der Waals surface area (Å²) in [4.78, 5) is 29.5. The fourth-order valence-corrected chi connectivity index (χ4v) is 3.85. The Kier molecular flexibility index (Phi) is 7.50. The van der Waals surface area contributed by atoms with Crippen LogP contribution < -0.4 is 10.9 Å². The molecule has 25 heavy (non-hydrogen) atoms. The van der Waals surface area contributed by atoms with Crippen LogP contribution in [0.15, 0.2) is 32.6 Å². The minimum absolute atomic E-state index is 0.0286. The molecule has 0 spiro atoms. The summed E-state index contributed by atoms with van der Waals surface area (Å²) in [6.45, 7) is 6.71. The molecule has 1 N–H and O–H groups in total. The van der Waals surface area contributed by atoms with Gasteiger partial charge in [-0.05, 0) is 38.0 Å². The Morgan fingerprint density at radius 2 is 2.12 bits per heavy atom. The van der Waals surface area contributed by atoms with Gasteiger partial charge in [-0.3, -0.25) is 14.2 Å². The molecule has 2 aromatic rings. The molecule has 2 rings (SSSR count). The number of hydrogen-bond acceptors (Lipinski definition) is 4. The maximum absolute atomic E-state index is 12.8. The van der Waals surface area contributed by atoms with Crippen molar-refractivity contribution in [2.24, 2.45) is 0 Å². The number of halogens is 1. The Morgan fingerprint density at radius 1 is 1.36 bits per heavy atom. The fraction of sp³-hybridized carbons (Fsp3) is 0.500. The van der Waals surface area contributed by atoms with E-state index in [1.54, 1.807) is 10.6 Å². The third-order valence-electron chi connectivity index (χ3n) is 3.79. The van der Waals surface area contributed by atoms with Crippen molar-refractivity contribution in [2.45, 2.75) is 57.8 Å². The molecule has 1 amide bonds. The summed E-state index contributed by atoms with van der Waals surface area (Å²) in [7, 11) is 0. The summed E-state index contributed by atoms with van der Waals surface area (Å²) in [5, 5.41) is 4.17. The molecule has 1 aromatic carbocycles. The number of carbonyl (C=O) groups is 1. The van der Waals surface area contributed by atoms with E-state index >= 15 is 0 Å². The van der Waals surface area contributed by atoms with E-state index in [-0.39, 0.29) is 23.3 Å². The molecule has 1 aromatic heterocycles. The molecular formula is C18H24BrN3O2S. The van der Waals surface area contributed by atoms with Crippen LogP contribution in [0.3, 0.4) is 0 Å². The van der Waals surface area contributed by atoms with E-state index < -0.39 is 0 Å². The number of nitrogens with one attached hydrogen (secondary N) is 1. The predicted octanol–water partition coefficient (Wildman–Crippen LogP) is 3.97. The summed E-state index contributed by atoms with van der Waals surface area (Å²) in [6.07, 6.45) is 2.82. The number of fused-ring (bicyclic) bond motifs is 1. The van der Waals surface area contributed by atoms with Crippen molar-refractivity contribution in [3.8, 4) is 0 Å². The number of nitrogens with zero attached hydrogens (tertiary/aromatic N) is 2. The number of hydrogen-bond donors (Lipinski definition) is 1. The normalized spacial score (nSPS) is 12.3. The quantitative estimate of drug-likeness (QED) is 0.513. The molecule has 0 radical (unpaired) electrons. The Labute approximate surface area is 160 Å². The van der Waals surface area contributed by atoms with Gasteiger partial charge in [0.2, 0.25) is 5.91 Å². The van der Waals surface area contributed by atoms with Gasteiger partial charge in [0.25, 0.3) is 5.56 Å². The van der Waals surface area contributed by atoms with Crippen LogP contribution in [0.25, 0.3) is 10.9 Å². The van der Waals surface area contributed by atoms with Crippen LogP contribution in [0, 0.1) is 0 Å². The van der Waals surface area contributed by atoms with Crippen LogP contribution in [-0.4, -0.2) is 27.3 Å². The van der Waals surface area contributed by atoms with Crippen molar-refractivity contribution >= 4 is 44.5 Å². The third-order valence-corrected chi connectivity index (χ3v) is 5.26. The summed E-state index contributed by atoms with van der Waals surface area (Å²) >= 11 is 4.72. The van der Waals surface area contributed by atoms with Gasteiger partial charge in [0, 0.05) is 17.1 Å². The Morgan fingerprint density at radius 3 is 2.80 bits per heavy atom. The summed E-state index contributed by atoms with van der Waals surface area (Å²) in [5.74, 6) is 0.228. The summed E-state index contributed by atoms with van der Waals surface area (Å²) < 4.78 is 2.52. The maximum Gasteiger partial charge on any atom is 0.262 e. The van der Waals surface area contributed by atoms with Crippen LogP contribution in [0.2, 0.25) is 0 Å². The van der Waals surface area contributed by atoms with Gasteiger partial charge in [0.1, 0.15) is 0 Å². The van der Waals surface area contributed by atoms with E-state index in [2.05, 4.69) is 33.2 Å². The minimum atomic E-state index is -0.0598. The lowest BCUT2D eigenvalue weighted by atomic mass is 10.2. The first kappa shape index (κ1) is 20.0. The summed E-state index contributed by atoms with van der Waals surface area (Å²) in [5.41, 5.74) is 0.596. The topological polar surface area (TPSA) is 64.0 Å². The Balaban J connectivity index is 2.24. The van der Waals surface area contributed by atoms with Crippen LogP contribution in [-0.2, 0) is 11.3 Å². The number of aromatic nitrogens is 2. The monoisotopic (exact) mass is 425 g/mol. The highest BCUT2D eigenvalue weighted by atomic mass is 79.9. The third kappa shape index (κ3) is 5.31. The van der Waals surface area contributed by atoms with Gasteiger partial charge in [-0.15, -0.1) is 0 Å². The number of carbonyl (C=O) groups excluding carboxylic acids is 1. The average molecular weight is 426 g/mol. The summed E-state index contributed by atoms with van der Waals surface area (Å²) in [6, 6.07) is 5.65. The number of benzene rings is 1. The van der Waals surface area contributed by atoms with Gasteiger partial charge in [-0.2, -0.15) is 0 Å². The first-order chi connectivity index (χ1) is 12.0. The maximum atomic E-state index is 12.8. The Hall–Kier alpha value is -1.34. The molecule has 0 saturated heterocycles. The van der Waals surface area contributed by atoms with Crippen LogP contribution in [0.1, 0.15) is 40.0 Å². The van der Waals surface area contributed by atoms with Gasteiger partial charge >= 0.3 is 0 Å². The van der Waals surface area contributed by atoms with Crippen molar-refractivity contribution in [1.82, 2.24) is 14.9 Å². The van der Waals surface area contributed by atoms with E-state index in [1.807, 2.05) is 26.0 Å². The molecule has 1 unspecified atom stereocenters. The van der Waals surface area contributed by atoms with Crippen molar-refractivity contribution in [3.63, 3.8) is 0 Å². The number of amides is 1. The molecule has 0 aliphatic carbocycles. The second-order valence-corrected chi connectivity index (χ2v) is 7.92. The molecule has 0 aliphatic rings. The standard InChI is InChI=1S/C18H24BrN3O2S/c1-4-6-12(3)20-16(23)11-25-18-21-15-8-7-13(19)10-14(15)17(24)22(18)9-5-2/h7-8,10,12H,4-6,9,11H2,1-3H3,(H,20,23). The first-order valence-electron chi connectivity index (χ1n) is 8.58. The predicted molar refractivity (Wildman–Crippen MR) is 107 cm³/mol. The molecule has 7 heteroatoms.